The molecular weight excluding hydrogens is 490 g/mol. The normalized spacial score (nSPS) is 47.8. The number of fused-ring (bicyclic) bond motifs is 7. The average Bonchev–Trinajstić information content (AvgIpc) is 2.85. The van der Waals surface area contributed by atoms with E-state index in [-0.39, 0.29) is 45.4 Å². The van der Waals surface area contributed by atoms with Crippen LogP contribution in [0.4, 0.5) is 0 Å². The molecule has 5 aliphatic carbocycles. The molecule has 0 heterocycles. The van der Waals surface area contributed by atoms with E-state index in [9.17, 15) is 19.8 Å². The number of aliphatic hydroxyl groups excluding tert-OH is 2. The summed E-state index contributed by atoms with van der Waals surface area (Å²) in [4.78, 5) is 25.8. The summed E-state index contributed by atoms with van der Waals surface area (Å²) in [7, 11) is 1.36. The van der Waals surface area contributed by atoms with Crippen molar-refractivity contribution in [1.82, 2.24) is 5.32 Å². The highest BCUT2D eigenvalue weighted by molar-refractivity contribution is 5.87. The van der Waals surface area contributed by atoms with Crippen LogP contribution in [0.5, 0.6) is 0 Å². The Hall–Kier alpha value is -1.40. The molecular formula is C33H53NO5. The average molecular weight is 544 g/mol. The maximum absolute atomic E-state index is 13.9. The molecule has 0 radical (unpaired) electrons. The first kappa shape index (κ1) is 29.1. The third-order valence-electron chi connectivity index (χ3n) is 13.6. The highest BCUT2D eigenvalue weighted by atomic mass is 16.5. The van der Waals surface area contributed by atoms with E-state index >= 15 is 0 Å². The summed E-state index contributed by atoms with van der Waals surface area (Å²) in [6.07, 6.45) is 9.55. The lowest BCUT2D eigenvalue weighted by Gasteiger charge is -2.71. The van der Waals surface area contributed by atoms with Crippen molar-refractivity contribution >= 4 is 11.9 Å². The number of allylic oxidation sites excluding steroid dienone is 2. The Bertz CT molecular complexity index is 1060. The van der Waals surface area contributed by atoms with E-state index in [1.54, 1.807) is 0 Å². The van der Waals surface area contributed by atoms with E-state index in [0.29, 0.717) is 18.3 Å². The minimum absolute atomic E-state index is 0.0189. The molecule has 0 aromatic rings. The summed E-state index contributed by atoms with van der Waals surface area (Å²) in [6.45, 7) is 16.3. The fourth-order valence-corrected chi connectivity index (χ4v) is 11.2. The predicted octanol–water partition coefficient (Wildman–Crippen LogP) is 5.41. The highest BCUT2D eigenvalue weighted by Gasteiger charge is 2.69. The SMILES string of the molecule is COC(=O)CNC(=O)[C@]12CCC(C)(C)C[C@H]1C1=CC[C@@H]3[C@@]4(C)C[C@@H](O)[C@H](O)C(C)(C)[C@@H]4CC[C@@]3(C)[C@]1(C)CC2. The van der Waals surface area contributed by atoms with Gasteiger partial charge in [-0.25, -0.2) is 0 Å². The van der Waals surface area contributed by atoms with Crippen LogP contribution in [0, 0.1) is 50.2 Å². The number of hydrogen-bond acceptors (Lipinski definition) is 5. The zero-order valence-corrected chi connectivity index (χ0v) is 25.7. The topological polar surface area (TPSA) is 95.9 Å². The van der Waals surface area contributed by atoms with Crippen LogP contribution in [-0.4, -0.2) is 48.0 Å². The lowest BCUT2D eigenvalue weighted by molar-refractivity contribution is -0.231. The molecule has 5 aliphatic rings. The van der Waals surface area contributed by atoms with Gasteiger partial charge in [-0.3, -0.25) is 9.59 Å². The molecule has 3 N–H and O–H groups in total. The standard InChI is InChI=1S/C33H53NO5/c1-28(2)13-15-33(27(38)34-19-25(36)39-8)16-14-31(6)20(21(33)17-28)9-10-24-30(5)18-22(35)26(37)29(3,4)23(30)11-12-32(24,31)7/h9,21-24,26,35,37H,10-19H2,1-8H3,(H,34,38)/t21-,22+,23-,24+,26-,30-,31+,32+,33-/m0/s1. The first-order chi connectivity index (χ1) is 18.0. The van der Waals surface area contributed by atoms with Crippen molar-refractivity contribution in [3.8, 4) is 0 Å². The fourth-order valence-electron chi connectivity index (χ4n) is 11.2. The van der Waals surface area contributed by atoms with E-state index in [1.807, 2.05) is 0 Å². The smallest absolute Gasteiger partial charge is 0.325 e. The first-order valence-electron chi connectivity index (χ1n) is 15.4. The molecule has 1 amide bonds. The number of amides is 1. The Morgan fingerprint density at radius 2 is 1.62 bits per heavy atom. The molecule has 6 heteroatoms. The third kappa shape index (κ3) is 3.93. The van der Waals surface area contributed by atoms with Crippen LogP contribution >= 0.6 is 0 Å². The van der Waals surface area contributed by atoms with Crippen molar-refractivity contribution in [2.75, 3.05) is 13.7 Å². The molecule has 0 saturated heterocycles. The number of hydrogen-bond donors (Lipinski definition) is 3. The second-order valence-corrected chi connectivity index (χ2v) is 16.2. The van der Waals surface area contributed by atoms with Crippen LogP contribution in [0.25, 0.3) is 0 Å². The minimum atomic E-state index is -0.696. The van der Waals surface area contributed by atoms with Gasteiger partial charge in [-0.2, -0.15) is 0 Å². The van der Waals surface area contributed by atoms with E-state index in [1.165, 1.54) is 12.7 Å². The van der Waals surface area contributed by atoms with Crippen molar-refractivity contribution in [2.45, 2.75) is 118 Å². The van der Waals surface area contributed by atoms with Gasteiger partial charge >= 0.3 is 5.97 Å². The van der Waals surface area contributed by atoms with Gasteiger partial charge in [-0.1, -0.05) is 60.1 Å². The lowest BCUT2D eigenvalue weighted by atomic mass is 9.33. The zero-order valence-electron chi connectivity index (χ0n) is 25.7. The quantitative estimate of drug-likeness (QED) is 0.327. The van der Waals surface area contributed by atoms with Crippen LogP contribution in [0.15, 0.2) is 11.6 Å². The molecule has 0 unspecified atom stereocenters. The van der Waals surface area contributed by atoms with E-state index in [4.69, 9.17) is 4.74 Å². The molecule has 0 aliphatic heterocycles. The van der Waals surface area contributed by atoms with E-state index in [0.717, 1.165) is 51.4 Å². The first-order valence-corrected chi connectivity index (χ1v) is 15.4. The third-order valence-corrected chi connectivity index (χ3v) is 13.6. The number of nitrogens with one attached hydrogen (secondary N) is 1. The molecule has 4 saturated carbocycles. The van der Waals surface area contributed by atoms with Gasteiger partial charge in [0.1, 0.15) is 6.54 Å². The molecule has 0 aromatic carbocycles. The largest absolute Gasteiger partial charge is 0.468 e. The molecule has 220 valence electrons. The van der Waals surface area contributed by atoms with Crippen molar-refractivity contribution in [3.63, 3.8) is 0 Å². The molecule has 4 fully saturated rings. The van der Waals surface area contributed by atoms with Crippen LogP contribution in [0.1, 0.15) is 106 Å². The monoisotopic (exact) mass is 543 g/mol. The van der Waals surface area contributed by atoms with Gasteiger partial charge in [0.2, 0.25) is 5.91 Å². The van der Waals surface area contributed by atoms with E-state index in [2.05, 4.69) is 59.9 Å². The second kappa shape index (κ2) is 9.05. The number of rotatable bonds is 3. The Balaban J connectivity index is 1.55. The Labute approximate surface area is 235 Å². The summed E-state index contributed by atoms with van der Waals surface area (Å²) >= 11 is 0. The van der Waals surface area contributed by atoms with Gasteiger partial charge in [0.05, 0.1) is 24.7 Å². The minimum Gasteiger partial charge on any atom is -0.468 e. The molecule has 39 heavy (non-hydrogen) atoms. The highest BCUT2D eigenvalue weighted by Crippen LogP contribution is 2.75. The summed E-state index contributed by atoms with van der Waals surface area (Å²) in [5.41, 5.74) is 0.795. The summed E-state index contributed by atoms with van der Waals surface area (Å²) in [6, 6.07) is 0. The Kier molecular flexibility index (Phi) is 6.75. The van der Waals surface area contributed by atoms with Crippen LogP contribution in [-0.2, 0) is 14.3 Å². The molecule has 0 aromatic heterocycles. The van der Waals surface area contributed by atoms with Gasteiger partial charge < -0.3 is 20.3 Å². The van der Waals surface area contributed by atoms with Crippen molar-refractivity contribution < 1.29 is 24.5 Å². The number of esters is 1. The summed E-state index contributed by atoms with van der Waals surface area (Å²) < 4.78 is 4.81. The van der Waals surface area contributed by atoms with Gasteiger partial charge in [0.15, 0.2) is 0 Å². The van der Waals surface area contributed by atoms with Crippen molar-refractivity contribution in [3.05, 3.63) is 11.6 Å². The van der Waals surface area contributed by atoms with Gasteiger partial charge in [-0.05, 0) is 103 Å². The van der Waals surface area contributed by atoms with Gasteiger partial charge in [0, 0.05) is 0 Å². The zero-order chi connectivity index (χ0) is 28.8. The molecule has 5 rings (SSSR count). The maximum Gasteiger partial charge on any atom is 0.325 e. The molecule has 0 spiro atoms. The number of methoxy groups -OCH3 is 1. The molecule has 6 nitrogen and oxygen atoms in total. The number of aliphatic hydroxyl groups is 2. The number of carbonyl (C=O) groups excluding carboxylic acids is 2. The Morgan fingerprint density at radius 1 is 0.949 bits per heavy atom. The Morgan fingerprint density at radius 3 is 2.28 bits per heavy atom. The predicted molar refractivity (Wildman–Crippen MR) is 151 cm³/mol. The van der Waals surface area contributed by atoms with Crippen LogP contribution in [0.2, 0.25) is 0 Å². The fraction of sp³-hybridized carbons (Fsp3) is 0.879. The second-order valence-electron chi connectivity index (χ2n) is 16.2. The number of ether oxygens (including phenoxy) is 1. The number of carbonyl (C=O) groups is 2. The van der Waals surface area contributed by atoms with Crippen LogP contribution in [0.3, 0.4) is 0 Å². The van der Waals surface area contributed by atoms with Crippen molar-refractivity contribution in [2.24, 2.45) is 50.2 Å². The van der Waals surface area contributed by atoms with Gasteiger partial charge in [-0.15, -0.1) is 0 Å². The summed E-state index contributed by atoms with van der Waals surface area (Å²) in [5, 5.41) is 25.0. The summed E-state index contributed by atoms with van der Waals surface area (Å²) in [5.74, 6) is 0.547. The molecule has 0 bridgehead atoms. The van der Waals surface area contributed by atoms with E-state index < -0.39 is 23.6 Å². The van der Waals surface area contributed by atoms with Crippen LogP contribution < -0.4 is 5.32 Å². The maximum atomic E-state index is 13.9. The molecule has 9 atom stereocenters. The van der Waals surface area contributed by atoms with Gasteiger partial charge in [0.25, 0.3) is 0 Å². The van der Waals surface area contributed by atoms with Crippen molar-refractivity contribution in [1.29, 1.82) is 0 Å². The lowest BCUT2D eigenvalue weighted by Crippen LogP contribution is -2.67.